The highest BCUT2D eigenvalue weighted by atomic mass is 14.7. The summed E-state index contributed by atoms with van der Waals surface area (Å²) in [6, 6.07) is 23.8. The lowest BCUT2D eigenvalue weighted by Crippen LogP contribution is -2.37. The summed E-state index contributed by atoms with van der Waals surface area (Å²) in [5.41, 5.74) is 10.5. The molecule has 0 aromatic heterocycles. The summed E-state index contributed by atoms with van der Waals surface area (Å²) >= 11 is 0. The third-order valence-electron chi connectivity index (χ3n) is 6.53. The fraction of sp³-hybridized carbons (Fsp3) is 0.360. The molecule has 0 amide bonds. The highest BCUT2D eigenvalue weighted by Gasteiger charge is 2.31. The molecule has 0 saturated heterocycles. The van der Waals surface area contributed by atoms with Gasteiger partial charge in [-0.3, -0.25) is 0 Å². The van der Waals surface area contributed by atoms with Gasteiger partial charge in [-0.15, -0.1) is 0 Å². The van der Waals surface area contributed by atoms with Crippen LogP contribution in [-0.4, -0.2) is 13.9 Å². The van der Waals surface area contributed by atoms with Crippen LogP contribution in [0.1, 0.15) is 55.6 Å². The van der Waals surface area contributed by atoms with Crippen LogP contribution in [0.4, 0.5) is 0 Å². The van der Waals surface area contributed by atoms with Gasteiger partial charge in [0, 0.05) is 6.04 Å². The fourth-order valence-electron chi connectivity index (χ4n) is 4.96. The van der Waals surface area contributed by atoms with Gasteiger partial charge in [-0.25, -0.2) is 0 Å². The lowest BCUT2D eigenvalue weighted by Gasteiger charge is -2.36. The maximum atomic E-state index is 6.86. The normalized spacial score (nSPS) is 22.4. The first-order valence-corrected chi connectivity index (χ1v) is 10.2. The minimum Gasteiger partial charge on any atom is -0.327 e. The van der Waals surface area contributed by atoms with E-state index in [0.717, 1.165) is 5.46 Å². The van der Waals surface area contributed by atoms with Gasteiger partial charge >= 0.3 is 0 Å². The Balaban J connectivity index is 1.55. The highest BCUT2D eigenvalue weighted by molar-refractivity contribution is 6.32. The van der Waals surface area contributed by atoms with Crippen molar-refractivity contribution in [3.05, 3.63) is 77.9 Å². The van der Waals surface area contributed by atoms with Gasteiger partial charge in [0.25, 0.3) is 0 Å². The molecule has 0 heterocycles. The van der Waals surface area contributed by atoms with E-state index in [2.05, 4.69) is 67.6 Å². The Morgan fingerprint density at radius 3 is 2.59 bits per heavy atom. The Morgan fingerprint density at radius 2 is 1.74 bits per heavy atom. The summed E-state index contributed by atoms with van der Waals surface area (Å²) in [5, 5.41) is 2.64. The minimum atomic E-state index is 0.180. The van der Waals surface area contributed by atoms with Gasteiger partial charge in [-0.1, -0.05) is 85.5 Å². The number of nitrogens with two attached hydrogens (primary N) is 1. The lowest BCUT2D eigenvalue weighted by molar-refractivity contribution is 0.260. The maximum Gasteiger partial charge on any atom is 0.113 e. The van der Waals surface area contributed by atoms with E-state index in [1.165, 1.54) is 47.6 Å². The van der Waals surface area contributed by atoms with Gasteiger partial charge in [0.2, 0.25) is 0 Å². The van der Waals surface area contributed by atoms with E-state index >= 15 is 0 Å². The van der Waals surface area contributed by atoms with Crippen molar-refractivity contribution in [3.8, 4) is 0 Å². The standard InChI is InChI=1S/C25H28BN/c1-17(23-14-6-8-18-7-2-3-13-24(18)23)25(27)21-11-4-9-19(15-21)20-10-5-12-22(26)16-20/h2-3,5-8,10,12-14,16-17,19,21,25H,4,9,11,15,27H2,1H3/t17-,19?,21+,25?/m1/s1. The van der Waals surface area contributed by atoms with E-state index in [4.69, 9.17) is 13.6 Å². The third kappa shape index (κ3) is 3.82. The Bertz CT molecular complexity index is 914. The van der Waals surface area contributed by atoms with Crippen LogP contribution in [0.2, 0.25) is 0 Å². The second-order valence-electron chi connectivity index (χ2n) is 8.23. The van der Waals surface area contributed by atoms with E-state index in [1.54, 1.807) is 0 Å². The number of hydrogen-bond acceptors (Lipinski definition) is 1. The van der Waals surface area contributed by atoms with Crippen molar-refractivity contribution < 1.29 is 0 Å². The van der Waals surface area contributed by atoms with E-state index in [0.29, 0.717) is 17.8 Å². The molecule has 1 aliphatic rings. The molecule has 1 fully saturated rings. The Labute approximate surface area is 164 Å². The maximum absolute atomic E-state index is 6.86. The second-order valence-corrected chi connectivity index (χ2v) is 8.23. The zero-order chi connectivity index (χ0) is 18.8. The lowest BCUT2D eigenvalue weighted by atomic mass is 9.71. The van der Waals surface area contributed by atoms with Crippen molar-refractivity contribution in [3.63, 3.8) is 0 Å². The summed E-state index contributed by atoms with van der Waals surface area (Å²) in [6.07, 6.45) is 4.89. The van der Waals surface area contributed by atoms with Gasteiger partial charge in [0.05, 0.1) is 0 Å². The fourth-order valence-corrected chi connectivity index (χ4v) is 4.96. The molecule has 1 aliphatic carbocycles. The Morgan fingerprint density at radius 1 is 0.963 bits per heavy atom. The molecule has 4 atom stereocenters. The average Bonchev–Trinajstić information content (AvgIpc) is 2.72. The Kier molecular flexibility index (Phi) is 5.36. The van der Waals surface area contributed by atoms with Crippen molar-refractivity contribution in [1.29, 1.82) is 0 Å². The van der Waals surface area contributed by atoms with E-state index < -0.39 is 0 Å². The van der Waals surface area contributed by atoms with Crippen LogP contribution in [0.15, 0.2) is 66.7 Å². The van der Waals surface area contributed by atoms with E-state index in [1.807, 2.05) is 6.07 Å². The summed E-state index contributed by atoms with van der Waals surface area (Å²) in [7, 11) is 6.01. The number of fused-ring (bicyclic) bond motifs is 1. The molecular formula is C25H28BN. The molecule has 136 valence electrons. The van der Waals surface area contributed by atoms with E-state index in [-0.39, 0.29) is 6.04 Å². The quantitative estimate of drug-likeness (QED) is 0.654. The molecule has 2 N–H and O–H groups in total. The number of rotatable bonds is 4. The van der Waals surface area contributed by atoms with Crippen LogP contribution >= 0.6 is 0 Å². The van der Waals surface area contributed by atoms with Gasteiger partial charge in [-0.05, 0) is 58.9 Å². The largest absolute Gasteiger partial charge is 0.327 e. The van der Waals surface area contributed by atoms with Crippen LogP contribution in [0, 0.1) is 5.92 Å². The monoisotopic (exact) mass is 353 g/mol. The van der Waals surface area contributed by atoms with Gasteiger partial charge in [-0.2, -0.15) is 0 Å². The predicted molar refractivity (Wildman–Crippen MR) is 117 cm³/mol. The smallest absolute Gasteiger partial charge is 0.113 e. The zero-order valence-corrected chi connectivity index (χ0v) is 16.1. The molecular weight excluding hydrogens is 325 g/mol. The van der Waals surface area contributed by atoms with Gasteiger partial charge in [0.1, 0.15) is 7.85 Å². The van der Waals surface area contributed by atoms with Crippen molar-refractivity contribution in [2.24, 2.45) is 11.7 Å². The van der Waals surface area contributed by atoms with Crippen molar-refractivity contribution >= 4 is 24.1 Å². The van der Waals surface area contributed by atoms with Gasteiger partial charge < -0.3 is 5.73 Å². The predicted octanol–water partition coefficient (Wildman–Crippen LogP) is 5.04. The molecule has 1 nitrogen and oxygen atoms in total. The molecule has 3 aromatic rings. The first-order chi connectivity index (χ1) is 13.1. The molecule has 27 heavy (non-hydrogen) atoms. The first kappa shape index (κ1) is 18.3. The molecule has 2 unspecified atom stereocenters. The average molecular weight is 353 g/mol. The summed E-state index contributed by atoms with van der Waals surface area (Å²) in [6.45, 7) is 2.30. The van der Waals surface area contributed by atoms with Crippen LogP contribution < -0.4 is 11.2 Å². The zero-order valence-electron chi connectivity index (χ0n) is 16.1. The van der Waals surface area contributed by atoms with Crippen molar-refractivity contribution in [2.75, 3.05) is 0 Å². The highest BCUT2D eigenvalue weighted by Crippen LogP contribution is 2.40. The van der Waals surface area contributed by atoms with Crippen molar-refractivity contribution in [1.82, 2.24) is 0 Å². The molecule has 0 bridgehead atoms. The van der Waals surface area contributed by atoms with Crippen molar-refractivity contribution in [2.45, 2.75) is 50.5 Å². The Hall–Kier alpha value is -2.06. The van der Waals surface area contributed by atoms with Gasteiger partial charge in [0.15, 0.2) is 0 Å². The molecule has 0 aliphatic heterocycles. The second kappa shape index (κ2) is 7.90. The molecule has 2 heteroatoms. The number of hydrogen-bond donors (Lipinski definition) is 1. The summed E-state index contributed by atoms with van der Waals surface area (Å²) < 4.78 is 0. The SMILES string of the molecule is [B]c1cccc(C2CCC[C@H](C(N)[C@H](C)c3cccc4ccccc34)C2)c1. The van der Waals surface area contributed by atoms with Crippen LogP contribution in [0.25, 0.3) is 10.8 Å². The van der Waals surface area contributed by atoms with E-state index in [9.17, 15) is 0 Å². The molecule has 4 rings (SSSR count). The molecule has 1 saturated carbocycles. The third-order valence-corrected chi connectivity index (χ3v) is 6.53. The minimum absolute atomic E-state index is 0.180. The topological polar surface area (TPSA) is 26.0 Å². The molecule has 3 aromatic carbocycles. The van der Waals surface area contributed by atoms with Crippen LogP contribution in [0.5, 0.6) is 0 Å². The molecule has 2 radical (unpaired) electrons. The summed E-state index contributed by atoms with van der Waals surface area (Å²) in [4.78, 5) is 0. The first-order valence-electron chi connectivity index (χ1n) is 10.2. The summed E-state index contributed by atoms with van der Waals surface area (Å²) in [5.74, 6) is 1.48. The van der Waals surface area contributed by atoms with Crippen LogP contribution in [-0.2, 0) is 0 Å². The number of benzene rings is 3. The molecule has 0 spiro atoms. The van der Waals surface area contributed by atoms with Crippen LogP contribution in [0.3, 0.4) is 0 Å².